The minimum atomic E-state index is -0.636. The molecule has 0 aliphatic heterocycles. The maximum atomic E-state index is 6.24. The molecule has 0 saturated carbocycles. The first-order valence-electron chi connectivity index (χ1n) is 5.80. The van der Waals surface area contributed by atoms with Crippen LogP contribution in [0.2, 0.25) is 10.3 Å². The molecular weight excluding hydrogens is 283 g/mol. The standard InChI is InChI=1S/C14H14Cl2N2O/c1-14(2,19-3)13-17-11(15)10(12(16)18-13)9-7-5-4-6-8-9/h4-8H,1-3H3. The number of nitrogens with zero attached hydrogens (tertiary/aromatic N) is 2. The van der Waals surface area contributed by atoms with E-state index in [0.29, 0.717) is 21.7 Å². The lowest BCUT2D eigenvalue weighted by molar-refractivity contribution is 0.0115. The van der Waals surface area contributed by atoms with Crippen molar-refractivity contribution in [2.24, 2.45) is 0 Å². The van der Waals surface area contributed by atoms with Gasteiger partial charge in [0.2, 0.25) is 0 Å². The number of rotatable bonds is 3. The van der Waals surface area contributed by atoms with Gasteiger partial charge in [-0.05, 0) is 19.4 Å². The number of methoxy groups -OCH3 is 1. The van der Waals surface area contributed by atoms with Gasteiger partial charge in [-0.1, -0.05) is 53.5 Å². The predicted molar refractivity (Wildman–Crippen MR) is 77.5 cm³/mol. The summed E-state index contributed by atoms with van der Waals surface area (Å²) in [6.45, 7) is 3.72. The highest BCUT2D eigenvalue weighted by Crippen LogP contribution is 2.34. The van der Waals surface area contributed by atoms with Crippen molar-refractivity contribution in [3.05, 3.63) is 46.5 Å². The molecule has 0 atom stereocenters. The lowest BCUT2D eigenvalue weighted by atomic mass is 10.1. The van der Waals surface area contributed by atoms with E-state index >= 15 is 0 Å². The summed E-state index contributed by atoms with van der Waals surface area (Å²) in [4.78, 5) is 8.60. The SMILES string of the molecule is COC(C)(C)c1nc(Cl)c(-c2ccccc2)c(Cl)n1. The Bertz CT molecular complexity index is 562. The molecule has 0 aliphatic carbocycles. The van der Waals surface area contributed by atoms with Gasteiger partial charge in [0.15, 0.2) is 5.82 Å². The summed E-state index contributed by atoms with van der Waals surface area (Å²) in [5.41, 5.74) is 0.890. The fourth-order valence-electron chi connectivity index (χ4n) is 1.61. The summed E-state index contributed by atoms with van der Waals surface area (Å²) in [5.74, 6) is 0.463. The lowest BCUT2D eigenvalue weighted by Crippen LogP contribution is -2.23. The number of halogens is 2. The quantitative estimate of drug-likeness (QED) is 0.791. The molecule has 5 heteroatoms. The summed E-state index contributed by atoms with van der Waals surface area (Å²) in [5, 5.41) is 0.651. The summed E-state index contributed by atoms with van der Waals surface area (Å²) < 4.78 is 5.34. The van der Waals surface area contributed by atoms with Crippen LogP contribution in [0.15, 0.2) is 30.3 Å². The highest BCUT2D eigenvalue weighted by atomic mass is 35.5. The summed E-state index contributed by atoms with van der Waals surface area (Å²) >= 11 is 12.5. The Labute approximate surface area is 122 Å². The van der Waals surface area contributed by atoms with Gasteiger partial charge in [0.1, 0.15) is 15.9 Å². The molecule has 0 amide bonds. The van der Waals surface area contributed by atoms with E-state index in [1.54, 1.807) is 7.11 Å². The lowest BCUT2D eigenvalue weighted by Gasteiger charge is -2.22. The van der Waals surface area contributed by atoms with Crippen molar-refractivity contribution in [2.75, 3.05) is 7.11 Å². The van der Waals surface area contributed by atoms with Crippen molar-refractivity contribution in [1.29, 1.82) is 0 Å². The van der Waals surface area contributed by atoms with Gasteiger partial charge in [-0.2, -0.15) is 0 Å². The maximum absolute atomic E-state index is 6.24. The van der Waals surface area contributed by atoms with E-state index < -0.39 is 5.60 Å². The highest BCUT2D eigenvalue weighted by molar-refractivity contribution is 6.37. The van der Waals surface area contributed by atoms with Crippen molar-refractivity contribution >= 4 is 23.2 Å². The van der Waals surface area contributed by atoms with E-state index in [1.807, 2.05) is 44.2 Å². The van der Waals surface area contributed by atoms with Crippen LogP contribution < -0.4 is 0 Å². The third-order valence-electron chi connectivity index (χ3n) is 2.93. The molecule has 2 aromatic rings. The van der Waals surface area contributed by atoms with Gasteiger partial charge >= 0.3 is 0 Å². The molecule has 2 rings (SSSR count). The first kappa shape index (κ1) is 14.3. The van der Waals surface area contributed by atoms with Crippen LogP contribution in [0.25, 0.3) is 11.1 Å². The fourth-order valence-corrected chi connectivity index (χ4v) is 2.22. The maximum Gasteiger partial charge on any atom is 0.163 e. The second-order valence-electron chi connectivity index (χ2n) is 4.58. The fraction of sp³-hybridized carbons (Fsp3) is 0.286. The zero-order valence-electron chi connectivity index (χ0n) is 10.9. The molecule has 100 valence electrons. The zero-order valence-corrected chi connectivity index (χ0v) is 12.5. The molecule has 1 aromatic carbocycles. The molecule has 0 N–H and O–H groups in total. The minimum absolute atomic E-state index is 0.325. The summed E-state index contributed by atoms with van der Waals surface area (Å²) in [6, 6.07) is 9.58. The Morgan fingerprint density at radius 1 is 1.00 bits per heavy atom. The van der Waals surface area contributed by atoms with Gasteiger partial charge in [-0.3, -0.25) is 0 Å². The predicted octanol–water partition coefficient (Wildman–Crippen LogP) is 4.33. The third-order valence-corrected chi connectivity index (χ3v) is 3.48. The normalized spacial score (nSPS) is 11.6. The number of benzene rings is 1. The van der Waals surface area contributed by atoms with Crippen LogP contribution in [0.5, 0.6) is 0 Å². The van der Waals surface area contributed by atoms with Gasteiger partial charge < -0.3 is 4.74 Å². The van der Waals surface area contributed by atoms with Crippen LogP contribution in [-0.2, 0) is 10.3 Å². The second-order valence-corrected chi connectivity index (χ2v) is 5.30. The first-order valence-corrected chi connectivity index (χ1v) is 6.55. The zero-order chi connectivity index (χ0) is 14.0. The van der Waals surface area contributed by atoms with Crippen molar-refractivity contribution in [3.63, 3.8) is 0 Å². The van der Waals surface area contributed by atoms with E-state index in [0.717, 1.165) is 5.56 Å². The smallest absolute Gasteiger partial charge is 0.163 e. The Morgan fingerprint density at radius 2 is 1.53 bits per heavy atom. The molecule has 0 bridgehead atoms. The van der Waals surface area contributed by atoms with Gasteiger partial charge in [-0.25, -0.2) is 9.97 Å². The number of hydrogen-bond donors (Lipinski definition) is 0. The van der Waals surface area contributed by atoms with E-state index in [1.165, 1.54) is 0 Å². The Kier molecular flexibility index (Phi) is 4.09. The van der Waals surface area contributed by atoms with Gasteiger partial charge in [0.05, 0.1) is 5.56 Å². The average Bonchev–Trinajstić information content (AvgIpc) is 2.39. The molecule has 0 radical (unpaired) electrons. The second kappa shape index (κ2) is 5.45. The third kappa shape index (κ3) is 2.89. The van der Waals surface area contributed by atoms with Gasteiger partial charge in [0.25, 0.3) is 0 Å². The van der Waals surface area contributed by atoms with Crippen molar-refractivity contribution < 1.29 is 4.74 Å². The number of aromatic nitrogens is 2. The van der Waals surface area contributed by atoms with Crippen LogP contribution in [0.3, 0.4) is 0 Å². The molecule has 0 unspecified atom stereocenters. The van der Waals surface area contributed by atoms with E-state index in [2.05, 4.69) is 9.97 Å². The molecule has 19 heavy (non-hydrogen) atoms. The Balaban J connectivity index is 2.56. The van der Waals surface area contributed by atoms with Crippen LogP contribution in [0, 0.1) is 0 Å². The number of ether oxygens (including phenoxy) is 1. The Morgan fingerprint density at radius 3 is 2.00 bits per heavy atom. The topological polar surface area (TPSA) is 35.0 Å². The molecule has 1 heterocycles. The molecule has 0 spiro atoms. The monoisotopic (exact) mass is 296 g/mol. The average molecular weight is 297 g/mol. The minimum Gasteiger partial charge on any atom is -0.371 e. The summed E-state index contributed by atoms with van der Waals surface area (Å²) in [6.07, 6.45) is 0. The van der Waals surface area contributed by atoms with Crippen molar-refractivity contribution in [3.8, 4) is 11.1 Å². The Hall–Kier alpha value is -1.16. The molecule has 0 saturated heterocycles. The largest absolute Gasteiger partial charge is 0.371 e. The van der Waals surface area contributed by atoms with E-state index in [9.17, 15) is 0 Å². The number of hydrogen-bond acceptors (Lipinski definition) is 3. The molecule has 0 fully saturated rings. The van der Waals surface area contributed by atoms with Crippen LogP contribution in [0.4, 0.5) is 0 Å². The van der Waals surface area contributed by atoms with Gasteiger partial charge in [-0.15, -0.1) is 0 Å². The molecule has 3 nitrogen and oxygen atoms in total. The van der Waals surface area contributed by atoms with Crippen LogP contribution in [-0.4, -0.2) is 17.1 Å². The molecular formula is C14H14Cl2N2O. The van der Waals surface area contributed by atoms with E-state index in [-0.39, 0.29) is 0 Å². The van der Waals surface area contributed by atoms with Gasteiger partial charge in [0, 0.05) is 7.11 Å². The van der Waals surface area contributed by atoms with Crippen molar-refractivity contribution in [2.45, 2.75) is 19.4 Å². The first-order chi connectivity index (χ1) is 8.95. The summed E-state index contributed by atoms with van der Waals surface area (Å²) in [7, 11) is 1.59. The highest BCUT2D eigenvalue weighted by Gasteiger charge is 2.26. The van der Waals surface area contributed by atoms with Crippen LogP contribution >= 0.6 is 23.2 Å². The molecule has 0 aliphatic rings. The van der Waals surface area contributed by atoms with E-state index in [4.69, 9.17) is 27.9 Å². The van der Waals surface area contributed by atoms with Crippen LogP contribution in [0.1, 0.15) is 19.7 Å². The molecule has 1 aromatic heterocycles. The van der Waals surface area contributed by atoms with Crippen molar-refractivity contribution in [1.82, 2.24) is 9.97 Å².